The number of amides is 2. The molecule has 1 aliphatic rings. The highest BCUT2D eigenvalue weighted by Gasteiger charge is 2.38. The molecule has 1 heterocycles. The summed E-state index contributed by atoms with van der Waals surface area (Å²) >= 11 is 0. The molecule has 0 bridgehead atoms. The first kappa shape index (κ1) is 15.8. The molecule has 0 aromatic heterocycles. The van der Waals surface area contributed by atoms with E-state index in [9.17, 15) is 23.2 Å². The summed E-state index contributed by atoms with van der Waals surface area (Å²) in [5, 5.41) is 0.415. The van der Waals surface area contributed by atoms with Gasteiger partial charge in [0.2, 0.25) is 0 Å². The number of fused-ring (bicyclic) bond motifs is 1. The lowest BCUT2D eigenvalue weighted by Gasteiger charge is -2.12. The summed E-state index contributed by atoms with van der Waals surface area (Å²) in [6.45, 7) is 0. The fourth-order valence-corrected chi connectivity index (χ4v) is 2.34. The molecule has 0 saturated carbocycles. The number of aryl methyl sites for hydroxylation is 1. The molecule has 3 rings (SSSR count). The zero-order chi connectivity index (χ0) is 17.3. The van der Waals surface area contributed by atoms with Crippen LogP contribution in [0.3, 0.4) is 0 Å². The average Bonchev–Trinajstić information content (AvgIpc) is 2.81. The topological polar surface area (TPSA) is 63.7 Å². The van der Waals surface area contributed by atoms with Crippen molar-refractivity contribution in [3.8, 4) is 0 Å². The van der Waals surface area contributed by atoms with Crippen LogP contribution < -0.4 is 0 Å². The number of carbonyl (C=O) groups excluding carboxylic acids is 3. The van der Waals surface area contributed by atoms with Crippen LogP contribution in [0.2, 0.25) is 0 Å². The minimum absolute atomic E-state index is 0.0825. The molecule has 0 unspecified atom stereocenters. The Kier molecular flexibility index (Phi) is 4.07. The molecule has 24 heavy (non-hydrogen) atoms. The van der Waals surface area contributed by atoms with E-state index in [2.05, 4.69) is 0 Å². The Morgan fingerprint density at radius 2 is 1.58 bits per heavy atom. The summed E-state index contributed by atoms with van der Waals surface area (Å²) < 4.78 is 25.9. The molecule has 1 aliphatic heterocycles. The lowest BCUT2D eigenvalue weighted by atomic mass is 10.1. The predicted molar refractivity (Wildman–Crippen MR) is 77.7 cm³/mol. The maximum Gasteiger partial charge on any atom is 0.333 e. The van der Waals surface area contributed by atoms with E-state index < -0.39 is 29.4 Å². The van der Waals surface area contributed by atoms with Gasteiger partial charge in [-0.3, -0.25) is 9.59 Å². The number of hydrogen-bond acceptors (Lipinski definition) is 4. The maximum atomic E-state index is 13.1. The molecule has 2 aromatic rings. The quantitative estimate of drug-likeness (QED) is 0.808. The molecule has 7 heteroatoms. The van der Waals surface area contributed by atoms with Gasteiger partial charge in [0.15, 0.2) is 11.6 Å². The van der Waals surface area contributed by atoms with Crippen molar-refractivity contribution in [1.29, 1.82) is 0 Å². The van der Waals surface area contributed by atoms with Crippen LogP contribution in [0.15, 0.2) is 42.5 Å². The van der Waals surface area contributed by atoms with Crippen LogP contribution in [0.5, 0.6) is 0 Å². The Morgan fingerprint density at radius 1 is 0.958 bits per heavy atom. The summed E-state index contributed by atoms with van der Waals surface area (Å²) in [6, 6.07) is 9.39. The molecule has 0 saturated heterocycles. The minimum Gasteiger partial charge on any atom is -0.330 e. The van der Waals surface area contributed by atoms with E-state index in [0.717, 1.165) is 12.1 Å². The van der Waals surface area contributed by atoms with Crippen LogP contribution in [0, 0.1) is 11.6 Å². The highest BCUT2D eigenvalue weighted by atomic mass is 19.2. The van der Waals surface area contributed by atoms with Gasteiger partial charge in [-0.05, 0) is 36.2 Å². The van der Waals surface area contributed by atoms with Crippen LogP contribution >= 0.6 is 0 Å². The Bertz CT molecular complexity index is 815. The second-order valence-electron chi connectivity index (χ2n) is 5.16. The number of imide groups is 1. The third kappa shape index (κ3) is 2.88. The molecule has 5 nitrogen and oxygen atoms in total. The van der Waals surface area contributed by atoms with E-state index in [1.54, 1.807) is 12.1 Å². The number of hydroxylamine groups is 2. The van der Waals surface area contributed by atoms with Gasteiger partial charge in [-0.25, -0.2) is 13.6 Å². The van der Waals surface area contributed by atoms with Crippen LogP contribution in [-0.4, -0.2) is 22.8 Å². The zero-order valence-corrected chi connectivity index (χ0v) is 12.3. The monoisotopic (exact) mass is 331 g/mol. The van der Waals surface area contributed by atoms with E-state index in [-0.39, 0.29) is 24.0 Å². The molecule has 0 atom stereocenters. The van der Waals surface area contributed by atoms with Gasteiger partial charge in [0, 0.05) is 0 Å². The fourth-order valence-electron chi connectivity index (χ4n) is 2.34. The van der Waals surface area contributed by atoms with Crippen molar-refractivity contribution < 1.29 is 28.0 Å². The standard InChI is InChI=1S/C17H11F2NO4/c18-13-7-5-10(9-14(13)19)6-8-15(21)24-20-16(22)11-3-1-2-4-12(11)17(20)23/h1-5,7,9H,6,8H2. The zero-order valence-electron chi connectivity index (χ0n) is 12.3. The molecule has 2 aromatic carbocycles. The van der Waals surface area contributed by atoms with E-state index in [0.29, 0.717) is 10.6 Å². The van der Waals surface area contributed by atoms with Crippen molar-refractivity contribution >= 4 is 17.8 Å². The van der Waals surface area contributed by atoms with E-state index in [1.807, 2.05) is 0 Å². The Hall–Kier alpha value is -3.09. The fraction of sp³-hybridized carbons (Fsp3) is 0.118. The number of carbonyl (C=O) groups is 3. The molecule has 0 fully saturated rings. The summed E-state index contributed by atoms with van der Waals surface area (Å²) in [6.07, 6.45) is -0.113. The van der Waals surface area contributed by atoms with Crippen molar-refractivity contribution in [2.24, 2.45) is 0 Å². The van der Waals surface area contributed by atoms with Gasteiger partial charge < -0.3 is 4.84 Å². The van der Waals surface area contributed by atoms with Crippen LogP contribution in [0.4, 0.5) is 8.78 Å². The first-order valence-corrected chi connectivity index (χ1v) is 7.10. The number of nitrogens with zero attached hydrogens (tertiary/aromatic N) is 1. The second-order valence-corrected chi connectivity index (χ2v) is 5.16. The number of halogens is 2. The molecular weight excluding hydrogens is 320 g/mol. The van der Waals surface area contributed by atoms with Gasteiger partial charge in [0.05, 0.1) is 17.5 Å². The molecular formula is C17H11F2NO4. The van der Waals surface area contributed by atoms with Crippen LogP contribution in [0.25, 0.3) is 0 Å². The smallest absolute Gasteiger partial charge is 0.330 e. The number of hydrogen-bond donors (Lipinski definition) is 0. The number of benzene rings is 2. The van der Waals surface area contributed by atoms with E-state index in [1.165, 1.54) is 18.2 Å². The number of rotatable bonds is 4. The van der Waals surface area contributed by atoms with Gasteiger partial charge in [-0.1, -0.05) is 23.3 Å². The molecule has 0 N–H and O–H groups in total. The first-order valence-electron chi connectivity index (χ1n) is 7.10. The van der Waals surface area contributed by atoms with E-state index in [4.69, 9.17) is 4.84 Å². The molecule has 0 aliphatic carbocycles. The summed E-state index contributed by atoms with van der Waals surface area (Å²) in [4.78, 5) is 40.7. The van der Waals surface area contributed by atoms with Crippen molar-refractivity contribution in [3.63, 3.8) is 0 Å². The third-order valence-corrected chi connectivity index (χ3v) is 3.55. The van der Waals surface area contributed by atoms with Crippen molar-refractivity contribution in [3.05, 3.63) is 70.8 Å². The summed E-state index contributed by atoms with van der Waals surface area (Å²) in [5.41, 5.74) is 0.722. The molecule has 0 radical (unpaired) electrons. The third-order valence-electron chi connectivity index (χ3n) is 3.55. The van der Waals surface area contributed by atoms with Gasteiger partial charge in [-0.2, -0.15) is 0 Å². The average molecular weight is 331 g/mol. The highest BCUT2D eigenvalue weighted by Crippen LogP contribution is 2.23. The van der Waals surface area contributed by atoms with Gasteiger partial charge in [0.25, 0.3) is 11.8 Å². The second kappa shape index (κ2) is 6.19. The Labute approximate surface area is 135 Å². The predicted octanol–water partition coefficient (Wildman–Crippen LogP) is 2.65. The lowest BCUT2D eigenvalue weighted by molar-refractivity contribution is -0.168. The van der Waals surface area contributed by atoms with Gasteiger partial charge in [0.1, 0.15) is 0 Å². The first-order chi connectivity index (χ1) is 11.5. The summed E-state index contributed by atoms with van der Waals surface area (Å²) in [5.74, 6) is -4.24. The minimum atomic E-state index is -1.01. The summed E-state index contributed by atoms with van der Waals surface area (Å²) in [7, 11) is 0. The molecule has 0 spiro atoms. The van der Waals surface area contributed by atoms with E-state index >= 15 is 0 Å². The maximum absolute atomic E-state index is 13.1. The SMILES string of the molecule is O=C(CCc1ccc(F)c(F)c1)ON1C(=O)c2ccccc2C1=O. The largest absolute Gasteiger partial charge is 0.333 e. The Morgan fingerprint density at radius 3 is 2.17 bits per heavy atom. The van der Waals surface area contributed by atoms with Crippen LogP contribution in [-0.2, 0) is 16.1 Å². The normalized spacial score (nSPS) is 13.2. The van der Waals surface area contributed by atoms with Gasteiger partial charge in [-0.15, -0.1) is 0 Å². The van der Waals surface area contributed by atoms with Crippen molar-refractivity contribution in [2.75, 3.05) is 0 Å². The Balaban J connectivity index is 1.63. The van der Waals surface area contributed by atoms with Gasteiger partial charge >= 0.3 is 5.97 Å². The van der Waals surface area contributed by atoms with Crippen molar-refractivity contribution in [1.82, 2.24) is 5.06 Å². The van der Waals surface area contributed by atoms with Crippen LogP contribution in [0.1, 0.15) is 32.7 Å². The lowest BCUT2D eigenvalue weighted by Crippen LogP contribution is -2.32. The molecule has 122 valence electrons. The van der Waals surface area contributed by atoms with Crippen molar-refractivity contribution in [2.45, 2.75) is 12.8 Å². The molecule has 2 amide bonds. The highest BCUT2D eigenvalue weighted by molar-refractivity contribution is 6.20.